The maximum atomic E-state index is 11.7. The lowest BCUT2D eigenvalue weighted by molar-refractivity contribution is -0.137. The predicted molar refractivity (Wildman–Crippen MR) is 76.0 cm³/mol. The highest BCUT2D eigenvalue weighted by molar-refractivity contribution is 5.90. The smallest absolute Gasteiger partial charge is 0.304 e. The molecule has 0 atom stereocenters. The van der Waals surface area contributed by atoms with Crippen LogP contribution < -0.4 is 10.1 Å². The fraction of sp³-hybridized carbons (Fsp3) is 0.429. The van der Waals surface area contributed by atoms with Gasteiger partial charge in [-0.15, -0.1) is 0 Å². The lowest BCUT2D eigenvalue weighted by atomic mass is 10.3. The summed E-state index contributed by atoms with van der Waals surface area (Å²) >= 11 is 0. The molecule has 1 aromatic carbocycles. The van der Waals surface area contributed by atoms with Gasteiger partial charge in [0.05, 0.1) is 13.5 Å². The summed E-state index contributed by atoms with van der Waals surface area (Å²) in [6, 6.07) is 7.08. The molecule has 0 saturated carbocycles. The van der Waals surface area contributed by atoms with Gasteiger partial charge in [0, 0.05) is 25.2 Å². The summed E-state index contributed by atoms with van der Waals surface area (Å²) in [5.41, 5.74) is 0.712. The van der Waals surface area contributed by atoms with Crippen LogP contribution in [0.4, 0.5) is 5.69 Å². The molecule has 0 aliphatic rings. The lowest BCUT2D eigenvalue weighted by Gasteiger charge is -2.15. The molecule has 0 aliphatic carbocycles. The number of amides is 1. The first-order chi connectivity index (χ1) is 9.51. The van der Waals surface area contributed by atoms with Crippen LogP contribution in [0.3, 0.4) is 0 Å². The molecule has 0 radical (unpaired) electrons. The Morgan fingerprint density at radius 1 is 1.20 bits per heavy atom. The molecule has 0 aliphatic heterocycles. The first kappa shape index (κ1) is 16.0. The normalized spacial score (nSPS) is 10.3. The van der Waals surface area contributed by atoms with Gasteiger partial charge in [-0.05, 0) is 31.3 Å². The van der Waals surface area contributed by atoms with Crippen molar-refractivity contribution >= 4 is 17.6 Å². The van der Waals surface area contributed by atoms with Crippen LogP contribution in [0.15, 0.2) is 24.3 Å². The molecule has 6 heteroatoms. The lowest BCUT2D eigenvalue weighted by Crippen LogP contribution is -2.26. The Morgan fingerprint density at radius 3 is 2.35 bits per heavy atom. The van der Waals surface area contributed by atoms with Crippen LogP contribution >= 0.6 is 0 Å². The Labute approximate surface area is 118 Å². The van der Waals surface area contributed by atoms with Crippen molar-refractivity contribution in [3.8, 4) is 5.75 Å². The number of hydrogen-bond acceptors (Lipinski definition) is 4. The van der Waals surface area contributed by atoms with E-state index in [9.17, 15) is 9.59 Å². The number of nitrogens with one attached hydrogen (secondary N) is 1. The zero-order chi connectivity index (χ0) is 15.0. The molecule has 0 spiro atoms. The van der Waals surface area contributed by atoms with Gasteiger partial charge in [0.25, 0.3) is 0 Å². The van der Waals surface area contributed by atoms with Gasteiger partial charge in [0.15, 0.2) is 0 Å². The summed E-state index contributed by atoms with van der Waals surface area (Å²) in [6.45, 7) is 0.959. The molecular formula is C14H20N2O4. The summed E-state index contributed by atoms with van der Waals surface area (Å²) in [7, 11) is 3.38. The van der Waals surface area contributed by atoms with E-state index in [0.717, 1.165) is 5.75 Å². The second kappa shape index (κ2) is 8.16. The highest BCUT2D eigenvalue weighted by Crippen LogP contribution is 2.15. The number of anilines is 1. The topological polar surface area (TPSA) is 78.9 Å². The van der Waals surface area contributed by atoms with Crippen LogP contribution in [0, 0.1) is 0 Å². The number of carbonyl (C=O) groups is 2. The number of ether oxygens (including phenoxy) is 1. The first-order valence-electron chi connectivity index (χ1n) is 6.35. The Hall–Kier alpha value is -2.08. The van der Waals surface area contributed by atoms with Crippen LogP contribution in [0.2, 0.25) is 0 Å². The summed E-state index contributed by atoms with van der Waals surface area (Å²) in [5.74, 6) is -0.201. The molecule has 110 valence electrons. The zero-order valence-electron chi connectivity index (χ0n) is 11.8. The van der Waals surface area contributed by atoms with Gasteiger partial charge in [-0.3, -0.25) is 9.59 Å². The molecule has 0 bridgehead atoms. The minimum atomic E-state index is -0.834. The van der Waals surface area contributed by atoms with Crippen molar-refractivity contribution in [2.45, 2.75) is 12.8 Å². The van der Waals surface area contributed by atoms with E-state index >= 15 is 0 Å². The second-order valence-corrected chi connectivity index (χ2v) is 4.47. The van der Waals surface area contributed by atoms with Crippen molar-refractivity contribution in [2.24, 2.45) is 0 Å². The Morgan fingerprint density at radius 2 is 1.80 bits per heavy atom. The molecule has 6 nitrogen and oxygen atoms in total. The van der Waals surface area contributed by atoms with E-state index < -0.39 is 5.97 Å². The molecule has 2 N–H and O–H groups in total. The molecular weight excluding hydrogens is 260 g/mol. The number of carbonyl (C=O) groups excluding carboxylic acids is 1. The second-order valence-electron chi connectivity index (χ2n) is 4.47. The van der Waals surface area contributed by atoms with Crippen molar-refractivity contribution in [1.29, 1.82) is 0 Å². The Bertz CT molecular complexity index is 445. The molecule has 20 heavy (non-hydrogen) atoms. The van der Waals surface area contributed by atoms with Gasteiger partial charge in [0.1, 0.15) is 5.75 Å². The van der Waals surface area contributed by atoms with Gasteiger partial charge in [-0.25, -0.2) is 0 Å². The molecule has 0 aromatic heterocycles. The first-order valence-corrected chi connectivity index (χ1v) is 6.35. The monoisotopic (exact) mass is 280 g/mol. The standard InChI is InChI=1S/C14H20N2O4/c1-16(10-8-14(18)19)9-7-13(17)15-11-3-5-12(20-2)6-4-11/h3-6H,7-10H2,1-2H3,(H,15,17)(H,18,19). The third-order valence-corrected chi connectivity index (χ3v) is 2.80. The molecule has 0 unspecified atom stereocenters. The average molecular weight is 280 g/mol. The van der Waals surface area contributed by atoms with E-state index in [2.05, 4.69) is 5.32 Å². The fourth-order valence-corrected chi connectivity index (χ4v) is 1.59. The maximum Gasteiger partial charge on any atom is 0.304 e. The van der Waals surface area contributed by atoms with E-state index in [4.69, 9.17) is 9.84 Å². The van der Waals surface area contributed by atoms with Crippen LogP contribution in [-0.4, -0.2) is 49.1 Å². The quantitative estimate of drug-likeness (QED) is 0.753. The molecule has 0 saturated heterocycles. The maximum absolute atomic E-state index is 11.7. The average Bonchev–Trinajstić information content (AvgIpc) is 2.43. The van der Waals surface area contributed by atoms with Gasteiger partial charge in [-0.2, -0.15) is 0 Å². The SMILES string of the molecule is COc1ccc(NC(=O)CCN(C)CCC(=O)O)cc1. The minimum absolute atomic E-state index is 0.0800. The van der Waals surface area contributed by atoms with Gasteiger partial charge >= 0.3 is 5.97 Å². The third kappa shape index (κ3) is 6.19. The van der Waals surface area contributed by atoms with Crippen LogP contribution in [0.1, 0.15) is 12.8 Å². The van der Waals surface area contributed by atoms with E-state index in [1.807, 2.05) is 4.90 Å². The zero-order valence-corrected chi connectivity index (χ0v) is 11.8. The summed E-state index contributed by atoms with van der Waals surface area (Å²) in [4.78, 5) is 24.0. The Kier molecular flexibility index (Phi) is 6.52. The number of benzene rings is 1. The number of nitrogens with zero attached hydrogens (tertiary/aromatic N) is 1. The van der Waals surface area contributed by atoms with Gasteiger partial charge in [-0.1, -0.05) is 0 Å². The molecule has 0 heterocycles. The Balaban J connectivity index is 2.30. The van der Waals surface area contributed by atoms with E-state index in [1.165, 1.54) is 0 Å². The van der Waals surface area contributed by atoms with Gasteiger partial charge in [0.2, 0.25) is 5.91 Å². The summed E-state index contributed by atoms with van der Waals surface area (Å²) in [6.07, 6.45) is 0.402. The van der Waals surface area contributed by atoms with E-state index in [1.54, 1.807) is 38.4 Å². The van der Waals surface area contributed by atoms with Gasteiger partial charge < -0.3 is 20.1 Å². The number of hydrogen-bond donors (Lipinski definition) is 2. The van der Waals surface area contributed by atoms with Crippen molar-refractivity contribution in [3.05, 3.63) is 24.3 Å². The summed E-state index contributed by atoms with van der Waals surface area (Å²) < 4.78 is 5.03. The largest absolute Gasteiger partial charge is 0.497 e. The molecule has 1 aromatic rings. The van der Waals surface area contributed by atoms with Crippen LogP contribution in [-0.2, 0) is 9.59 Å². The third-order valence-electron chi connectivity index (χ3n) is 2.80. The van der Waals surface area contributed by atoms with Crippen molar-refractivity contribution in [2.75, 3.05) is 32.6 Å². The van der Waals surface area contributed by atoms with Crippen molar-refractivity contribution in [1.82, 2.24) is 4.90 Å². The summed E-state index contributed by atoms with van der Waals surface area (Å²) in [5, 5.41) is 11.3. The van der Waals surface area contributed by atoms with Crippen LogP contribution in [0.25, 0.3) is 0 Å². The molecule has 1 amide bonds. The highest BCUT2D eigenvalue weighted by Gasteiger charge is 2.06. The van der Waals surface area contributed by atoms with Crippen LogP contribution in [0.5, 0.6) is 5.75 Å². The fourth-order valence-electron chi connectivity index (χ4n) is 1.59. The number of methoxy groups -OCH3 is 1. The molecule has 1 rings (SSSR count). The molecule has 0 fully saturated rings. The van der Waals surface area contributed by atoms with E-state index in [0.29, 0.717) is 25.2 Å². The number of rotatable bonds is 8. The predicted octanol–water partition coefficient (Wildman–Crippen LogP) is 1.43. The number of aliphatic carboxylic acids is 1. The number of carboxylic acid groups (broad SMARTS) is 1. The van der Waals surface area contributed by atoms with E-state index in [-0.39, 0.29) is 12.3 Å². The minimum Gasteiger partial charge on any atom is -0.497 e. The highest BCUT2D eigenvalue weighted by atomic mass is 16.5. The van der Waals surface area contributed by atoms with Crippen molar-refractivity contribution in [3.63, 3.8) is 0 Å². The van der Waals surface area contributed by atoms with Crippen molar-refractivity contribution < 1.29 is 19.4 Å². The number of carboxylic acids is 1.